The van der Waals surface area contributed by atoms with Crippen LogP contribution in [0.25, 0.3) is 23.0 Å². The summed E-state index contributed by atoms with van der Waals surface area (Å²) < 4.78 is 7.65. The van der Waals surface area contributed by atoms with Crippen molar-refractivity contribution in [3.63, 3.8) is 0 Å². The van der Waals surface area contributed by atoms with Crippen LogP contribution in [0, 0.1) is 10.1 Å². The third-order valence-corrected chi connectivity index (χ3v) is 6.77. The summed E-state index contributed by atoms with van der Waals surface area (Å²) in [6, 6.07) is 14.3. The van der Waals surface area contributed by atoms with Crippen molar-refractivity contribution in [1.82, 2.24) is 14.7 Å². The Bertz CT molecular complexity index is 1300. The maximum absolute atomic E-state index is 13.0. The van der Waals surface area contributed by atoms with Crippen molar-refractivity contribution >= 4 is 46.0 Å². The van der Waals surface area contributed by atoms with Gasteiger partial charge in [-0.1, -0.05) is 55.5 Å². The predicted octanol–water partition coefficient (Wildman–Crippen LogP) is 5.85. The number of thioether (sulfide) groups is 1. The van der Waals surface area contributed by atoms with E-state index < -0.39 is 4.92 Å². The number of thiocarbonyl (C=S) groups is 1. The number of hydrogen-bond acceptors (Lipinski definition) is 7. The van der Waals surface area contributed by atoms with Gasteiger partial charge in [0.25, 0.3) is 5.91 Å². The van der Waals surface area contributed by atoms with Gasteiger partial charge in [0, 0.05) is 29.9 Å². The van der Waals surface area contributed by atoms with E-state index in [9.17, 15) is 14.9 Å². The molecule has 1 aliphatic heterocycles. The number of benzene rings is 2. The number of rotatable bonds is 9. The van der Waals surface area contributed by atoms with Gasteiger partial charge in [-0.15, -0.1) is 0 Å². The van der Waals surface area contributed by atoms with E-state index in [4.69, 9.17) is 22.1 Å². The minimum atomic E-state index is -0.471. The largest absolute Gasteiger partial charge is 0.487 e. The van der Waals surface area contributed by atoms with Gasteiger partial charge < -0.3 is 4.74 Å². The topological polar surface area (TPSA) is 90.5 Å². The summed E-state index contributed by atoms with van der Waals surface area (Å²) in [5, 5.41) is 16.4. The number of nitro groups is 1. The van der Waals surface area contributed by atoms with Crippen molar-refractivity contribution in [3.05, 3.63) is 75.3 Å². The van der Waals surface area contributed by atoms with Crippen LogP contribution < -0.4 is 4.74 Å². The molecule has 35 heavy (non-hydrogen) atoms. The predicted molar refractivity (Wildman–Crippen MR) is 142 cm³/mol. The fourth-order valence-corrected chi connectivity index (χ4v) is 4.96. The number of carbonyl (C=O) groups is 1. The van der Waals surface area contributed by atoms with Crippen molar-refractivity contribution in [3.8, 4) is 22.7 Å². The fraction of sp³-hybridized carbons (Fsp3) is 0.240. The summed E-state index contributed by atoms with van der Waals surface area (Å²) in [4.78, 5) is 26.4. The number of unbranched alkanes of at least 4 members (excludes halogenated alkanes) is 1. The van der Waals surface area contributed by atoms with E-state index in [1.54, 1.807) is 34.7 Å². The summed E-state index contributed by atoms with van der Waals surface area (Å²) in [6.45, 7) is 4.73. The molecule has 3 aromatic rings. The SMILES string of the molecule is CCCCN1C(=O)C(=Cc2cn(-c3ccccc3)nc2-c2ccc(OCC)c([N+](=O)[O-])c2)SC1=S. The minimum absolute atomic E-state index is 0.135. The molecule has 10 heteroatoms. The van der Waals surface area contributed by atoms with Crippen LogP contribution in [0.15, 0.2) is 59.6 Å². The van der Waals surface area contributed by atoms with Crippen molar-refractivity contribution in [2.24, 2.45) is 0 Å². The van der Waals surface area contributed by atoms with Gasteiger partial charge in [0.1, 0.15) is 10.0 Å². The smallest absolute Gasteiger partial charge is 0.311 e. The molecule has 1 amide bonds. The Kier molecular flexibility index (Phi) is 7.62. The molecule has 0 N–H and O–H groups in total. The fourth-order valence-electron chi connectivity index (χ4n) is 3.67. The second kappa shape index (κ2) is 10.8. The van der Waals surface area contributed by atoms with Crippen LogP contribution in [0.4, 0.5) is 5.69 Å². The zero-order valence-electron chi connectivity index (χ0n) is 19.3. The second-order valence-corrected chi connectivity index (χ2v) is 9.45. The molecule has 0 atom stereocenters. The monoisotopic (exact) mass is 508 g/mol. The Morgan fingerprint density at radius 1 is 1.20 bits per heavy atom. The van der Waals surface area contributed by atoms with Crippen molar-refractivity contribution in [2.45, 2.75) is 26.7 Å². The molecule has 1 aromatic heterocycles. The highest BCUT2D eigenvalue weighted by Crippen LogP contribution is 2.37. The van der Waals surface area contributed by atoms with Crippen LogP contribution in [0.1, 0.15) is 32.3 Å². The minimum Gasteiger partial charge on any atom is -0.487 e. The molecule has 1 fully saturated rings. The number of nitrogens with zero attached hydrogens (tertiary/aromatic N) is 4. The lowest BCUT2D eigenvalue weighted by atomic mass is 10.1. The molecular formula is C25H24N4O4S2. The standard InChI is InChI=1S/C25H24N4O4S2/c1-3-5-13-27-24(30)22(35-25(27)34)15-18-16-28(19-9-7-6-8-10-19)26-23(18)17-11-12-21(33-4-2)20(14-17)29(31)32/h6-12,14-16H,3-5,13H2,1-2H3. The van der Waals surface area contributed by atoms with E-state index in [-0.39, 0.29) is 17.3 Å². The van der Waals surface area contributed by atoms with E-state index >= 15 is 0 Å². The third-order valence-electron chi connectivity index (χ3n) is 5.39. The van der Waals surface area contributed by atoms with Crippen LogP contribution in [-0.2, 0) is 4.79 Å². The first-order valence-electron chi connectivity index (χ1n) is 11.2. The van der Waals surface area contributed by atoms with Crippen LogP contribution in [-0.4, -0.2) is 43.0 Å². The van der Waals surface area contributed by atoms with Gasteiger partial charge in [-0.05, 0) is 43.7 Å². The molecule has 180 valence electrons. The molecule has 0 radical (unpaired) electrons. The summed E-state index contributed by atoms with van der Waals surface area (Å²) in [7, 11) is 0. The van der Waals surface area contributed by atoms with Gasteiger partial charge in [-0.2, -0.15) is 5.10 Å². The van der Waals surface area contributed by atoms with Gasteiger partial charge >= 0.3 is 5.69 Å². The molecule has 0 bridgehead atoms. The first-order chi connectivity index (χ1) is 16.9. The molecule has 2 aromatic carbocycles. The highest BCUT2D eigenvalue weighted by molar-refractivity contribution is 8.26. The molecule has 4 rings (SSSR count). The molecule has 8 nitrogen and oxygen atoms in total. The Labute approximate surface area is 212 Å². The van der Waals surface area contributed by atoms with E-state index in [0.717, 1.165) is 18.5 Å². The van der Waals surface area contributed by atoms with E-state index in [1.807, 2.05) is 36.5 Å². The van der Waals surface area contributed by atoms with Gasteiger partial charge in [0.05, 0.1) is 22.1 Å². The van der Waals surface area contributed by atoms with Crippen molar-refractivity contribution < 1.29 is 14.5 Å². The molecular weight excluding hydrogens is 484 g/mol. The summed E-state index contributed by atoms with van der Waals surface area (Å²) >= 11 is 6.69. The van der Waals surface area contributed by atoms with Crippen molar-refractivity contribution in [1.29, 1.82) is 0 Å². The van der Waals surface area contributed by atoms with Crippen LogP contribution >= 0.6 is 24.0 Å². The lowest BCUT2D eigenvalue weighted by Gasteiger charge is -2.12. The Morgan fingerprint density at radius 2 is 1.97 bits per heavy atom. The Balaban J connectivity index is 1.81. The number of nitro benzene ring substituents is 1. The summed E-state index contributed by atoms with van der Waals surface area (Å²) in [6.07, 6.45) is 5.40. The highest BCUT2D eigenvalue weighted by atomic mass is 32.2. The zero-order valence-corrected chi connectivity index (χ0v) is 21.0. The molecule has 1 saturated heterocycles. The molecule has 0 aliphatic carbocycles. The number of carbonyl (C=O) groups excluding carboxylic acids is 1. The van der Waals surface area contributed by atoms with Gasteiger partial charge in [-0.25, -0.2) is 4.68 Å². The third kappa shape index (κ3) is 5.28. The van der Waals surface area contributed by atoms with Crippen LogP contribution in [0.3, 0.4) is 0 Å². The molecule has 0 spiro atoms. The average molecular weight is 509 g/mol. The van der Waals surface area contributed by atoms with Gasteiger partial charge in [0.2, 0.25) is 0 Å². The Morgan fingerprint density at radius 3 is 2.66 bits per heavy atom. The Hall–Kier alpha value is -3.50. The zero-order chi connectivity index (χ0) is 24.9. The van der Waals surface area contributed by atoms with Gasteiger partial charge in [-0.3, -0.25) is 19.8 Å². The second-order valence-electron chi connectivity index (χ2n) is 7.77. The van der Waals surface area contributed by atoms with Gasteiger partial charge in [0.15, 0.2) is 5.75 Å². The maximum atomic E-state index is 13.0. The molecule has 0 unspecified atom stereocenters. The number of aromatic nitrogens is 2. The quantitative estimate of drug-likeness (QED) is 0.155. The van der Waals surface area contributed by atoms with E-state index in [1.165, 1.54) is 17.8 Å². The van der Waals surface area contributed by atoms with E-state index in [0.29, 0.717) is 39.2 Å². The number of amides is 1. The lowest BCUT2D eigenvalue weighted by Crippen LogP contribution is -2.28. The van der Waals surface area contributed by atoms with Crippen molar-refractivity contribution in [2.75, 3.05) is 13.2 Å². The number of ether oxygens (including phenoxy) is 1. The first kappa shape index (κ1) is 24.6. The van der Waals surface area contributed by atoms with E-state index in [2.05, 4.69) is 6.92 Å². The number of para-hydroxylation sites is 1. The maximum Gasteiger partial charge on any atom is 0.311 e. The molecule has 1 aliphatic rings. The van der Waals surface area contributed by atoms with Crippen LogP contribution in [0.2, 0.25) is 0 Å². The highest BCUT2D eigenvalue weighted by Gasteiger charge is 2.32. The number of hydrogen-bond donors (Lipinski definition) is 0. The lowest BCUT2D eigenvalue weighted by molar-refractivity contribution is -0.385. The summed E-state index contributed by atoms with van der Waals surface area (Å²) in [5.41, 5.74) is 2.39. The van der Waals surface area contributed by atoms with Crippen LogP contribution in [0.5, 0.6) is 5.75 Å². The molecule has 0 saturated carbocycles. The average Bonchev–Trinajstić information content (AvgIpc) is 3.39. The molecule has 2 heterocycles. The normalized spacial score (nSPS) is 14.7. The summed E-state index contributed by atoms with van der Waals surface area (Å²) in [5.74, 6) is 0.0617. The first-order valence-corrected chi connectivity index (χ1v) is 12.5.